The van der Waals surface area contributed by atoms with E-state index < -0.39 is 0 Å². The molecule has 0 aliphatic carbocycles. The lowest BCUT2D eigenvalue weighted by Gasteiger charge is -2.08. The van der Waals surface area contributed by atoms with Crippen LogP contribution in [0.3, 0.4) is 0 Å². The molecule has 0 bridgehead atoms. The molecule has 0 aliphatic rings. The van der Waals surface area contributed by atoms with Crippen LogP contribution in [0.5, 0.6) is 5.75 Å². The lowest BCUT2D eigenvalue weighted by molar-refractivity contribution is -0.118. The number of thioether (sulfide) groups is 1. The van der Waals surface area contributed by atoms with Gasteiger partial charge < -0.3 is 14.5 Å². The van der Waals surface area contributed by atoms with Gasteiger partial charge in [0, 0.05) is 12.1 Å². The van der Waals surface area contributed by atoms with E-state index in [1.165, 1.54) is 11.8 Å². The van der Waals surface area contributed by atoms with Crippen LogP contribution in [-0.4, -0.2) is 29.0 Å². The minimum Gasteiger partial charge on any atom is -0.496 e. The average Bonchev–Trinajstić information content (AvgIpc) is 3.14. The molecule has 3 aromatic rings. The number of amides is 1. The van der Waals surface area contributed by atoms with Crippen molar-refractivity contribution in [1.82, 2.24) is 15.5 Å². The van der Waals surface area contributed by atoms with Gasteiger partial charge in [0.1, 0.15) is 5.75 Å². The third-order valence-corrected chi connectivity index (χ3v) is 4.65. The SMILES string of the molecule is COc1ccccc1CNC(=O)CSc1nnc(-c2ccccc2Cl)o1. The molecule has 26 heavy (non-hydrogen) atoms. The highest BCUT2D eigenvalue weighted by Gasteiger charge is 2.13. The lowest BCUT2D eigenvalue weighted by Crippen LogP contribution is -2.24. The monoisotopic (exact) mass is 389 g/mol. The maximum absolute atomic E-state index is 12.0. The van der Waals surface area contributed by atoms with Gasteiger partial charge in [-0.2, -0.15) is 0 Å². The summed E-state index contributed by atoms with van der Waals surface area (Å²) in [5.41, 5.74) is 1.57. The minimum absolute atomic E-state index is 0.140. The molecule has 0 aliphatic heterocycles. The molecular formula is C18H16ClN3O3S. The zero-order valence-corrected chi connectivity index (χ0v) is 15.5. The first-order valence-electron chi connectivity index (χ1n) is 7.77. The van der Waals surface area contributed by atoms with Crippen molar-refractivity contribution in [2.45, 2.75) is 11.8 Å². The number of rotatable bonds is 7. The molecule has 6 nitrogen and oxygen atoms in total. The van der Waals surface area contributed by atoms with E-state index >= 15 is 0 Å². The van der Waals surface area contributed by atoms with E-state index in [0.717, 1.165) is 11.3 Å². The number of nitrogens with one attached hydrogen (secondary N) is 1. The maximum atomic E-state index is 12.0. The number of halogens is 1. The van der Waals surface area contributed by atoms with Crippen LogP contribution in [0.25, 0.3) is 11.5 Å². The third-order valence-electron chi connectivity index (χ3n) is 3.51. The number of benzene rings is 2. The Morgan fingerprint density at radius 3 is 2.77 bits per heavy atom. The van der Waals surface area contributed by atoms with Crippen molar-refractivity contribution in [3.05, 3.63) is 59.1 Å². The lowest BCUT2D eigenvalue weighted by atomic mass is 10.2. The van der Waals surface area contributed by atoms with E-state index in [9.17, 15) is 4.79 Å². The summed E-state index contributed by atoms with van der Waals surface area (Å²) in [7, 11) is 1.60. The average molecular weight is 390 g/mol. The van der Waals surface area contributed by atoms with Crippen LogP contribution in [0, 0.1) is 0 Å². The van der Waals surface area contributed by atoms with Crippen LogP contribution in [0.2, 0.25) is 5.02 Å². The zero-order valence-electron chi connectivity index (χ0n) is 13.9. The Morgan fingerprint density at radius 2 is 1.96 bits per heavy atom. The number of methoxy groups -OCH3 is 1. The van der Waals surface area contributed by atoms with Crippen LogP contribution < -0.4 is 10.1 Å². The minimum atomic E-state index is -0.140. The van der Waals surface area contributed by atoms with E-state index in [0.29, 0.717) is 28.2 Å². The molecule has 0 spiro atoms. The van der Waals surface area contributed by atoms with Gasteiger partial charge in [-0.3, -0.25) is 4.79 Å². The fourth-order valence-corrected chi connectivity index (χ4v) is 3.04. The van der Waals surface area contributed by atoms with Gasteiger partial charge in [0.05, 0.1) is 23.4 Å². The van der Waals surface area contributed by atoms with E-state index in [2.05, 4.69) is 15.5 Å². The molecule has 3 rings (SSSR count). The second-order valence-electron chi connectivity index (χ2n) is 5.23. The van der Waals surface area contributed by atoms with Crippen molar-refractivity contribution in [3.8, 4) is 17.2 Å². The molecule has 1 N–H and O–H groups in total. The summed E-state index contributed by atoms with van der Waals surface area (Å²) in [5, 5.41) is 11.6. The summed E-state index contributed by atoms with van der Waals surface area (Å²) in [6.45, 7) is 0.387. The van der Waals surface area contributed by atoms with E-state index in [1.807, 2.05) is 36.4 Å². The summed E-state index contributed by atoms with van der Waals surface area (Å²) < 4.78 is 10.8. The zero-order chi connectivity index (χ0) is 18.4. The van der Waals surface area contributed by atoms with Gasteiger partial charge in [-0.1, -0.05) is 53.7 Å². The predicted octanol–water partition coefficient (Wildman–Crippen LogP) is 3.81. The Labute approximate surface area is 159 Å². The third kappa shape index (κ3) is 4.56. The van der Waals surface area contributed by atoms with Crippen LogP contribution in [0.1, 0.15) is 5.56 Å². The van der Waals surface area contributed by atoms with Gasteiger partial charge in [-0.15, -0.1) is 10.2 Å². The van der Waals surface area contributed by atoms with Gasteiger partial charge >= 0.3 is 0 Å². The standard InChI is InChI=1S/C18H16ClN3O3S/c1-24-15-9-5-2-6-12(15)10-20-16(23)11-26-18-22-21-17(25-18)13-7-3-4-8-14(13)19/h2-9H,10-11H2,1H3,(H,20,23). The topological polar surface area (TPSA) is 77.2 Å². The molecule has 1 amide bonds. The van der Waals surface area contributed by atoms with Crippen molar-refractivity contribution in [2.24, 2.45) is 0 Å². The molecule has 0 saturated carbocycles. The van der Waals surface area contributed by atoms with Gasteiger partial charge in [-0.05, 0) is 18.2 Å². The second-order valence-corrected chi connectivity index (χ2v) is 6.56. The molecule has 0 fully saturated rings. The number of ether oxygens (including phenoxy) is 1. The van der Waals surface area contributed by atoms with E-state index in [1.54, 1.807) is 19.2 Å². The van der Waals surface area contributed by atoms with Gasteiger partial charge in [0.25, 0.3) is 5.22 Å². The van der Waals surface area contributed by atoms with Crippen LogP contribution in [0.4, 0.5) is 0 Å². The quantitative estimate of drug-likeness (QED) is 0.619. The molecule has 1 aromatic heterocycles. The molecule has 8 heteroatoms. The highest BCUT2D eigenvalue weighted by Crippen LogP contribution is 2.28. The predicted molar refractivity (Wildman–Crippen MR) is 100 cm³/mol. The fraction of sp³-hybridized carbons (Fsp3) is 0.167. The summed E-state index contributed by atoms with van der Waals surface area (Å²) in [5.74, 6) is 1.09. The number of carbonyl (C=O) groups excluding carboxylic acids is 1. The van der Waals surface area contributed by atoms with Crippen molar-refractivity contribution < 1.29 is 13.9 Å². The Hall–Kier alpha value is -2.51. The van der Waals surface area contributed by atoms with E-state index in [4.69, 9.17) is 20.8 Å². The first-order valence-corrected chi connectivity index (χ1v) is 9.13. The Kier molecular flexibility index (Phi) is 6.14. The first kappa shape index (κ1) is 18.3. The van der Waals surface area contributed by atoms with Crippen molar-refractivity contribution >= 4 is 29.3 Å². The van der Waals surface area contributed by atoms with Crippen LogP contribution in [-0.2, 0) is 11.3 Å². The number of carbonyl (C=O) groups is 1. The number of para-hydroxylation sites is 1. The molecule has 0 unspecified atom stereocenters. The molecule has 1 heterocycles. The van der Waals surface area contributed by atoms with Crippen molar-refractivity contribution in [3.63, 3.8) is 0 Å². The highest BCUT2D eigenvalue weighted by atomic mass is 35.5. The van der Waals surface area contributed by atoms with Gasteiger partial charge in [0.15, 0.2) is 0 Å². The normalized spacial score (nSPS) is 10.5. The maximum Gasteiger partial charge on any atom is 0.277 e. The second kappa shape index (κ2) is 8.73. The Bertz CT molecular complexity index is 901. The smallest absolute Gasteiger partial charge is 0.277 e. The van der Waals surface area contributed by atoms with Gasteiger partial charge in [0.2, 0.25) is 11.8 Å². The number of hydrogen-bond donors (Lipinski definition) is 1. The molecule has 0 atom stereocenters. The number of aromatic nitrogens is 2. The summed E-state index contributed by atoms with van der Waals surface area (Å²) >= 11 is 7.28. The number of nitrogens with zero attached hydrogens (tertiary/aromatic N) is 2. The Morgan fingerprint density at radius 1 is 1.19 bits per heavy atom. The van der Waals surface area contributed by atoms with Gasteiger partial charge in [-0.25, -0.2) is 0 Å². The largest absolute Gasteiger partial charge is 0.496 e. The molecule has 2 aromatic carbocycles. The first-order chi connectivity index (χ1) is 12.7. The van der Waals surface area contributed by atoms with Crippen LogP contribution in [0.15, 0.2) is 58.2 Å². The van der Waals surface area contributed by atoms with E-state index in [-0.39, 0.29) is 11.7 Å². The Balaban J connectivity index is 1.53. The van der Waals surface area contributed by atoms with Crippen molar-refractivity contribution in [2.75, 3.05) is 12.9 Å². The summed E-state index contributed by atoms with van der Waals surface area (Å²) in [4.78, 5) is 12.0. The number of hydrogen-bond acceptors (Lipinski definition) is 6. The highest BCUT2D eigenvalue weighted by molar-refractivity contribution is 7.99. The molecule has 0 radical (unpaired) electrons. The molecular weight excluding hydrogens is 374 g/mol. The fourth-order valence-electron chi connectivity index (χ4n) is 2.23. The van der Waals surface area contributed by atoms with Crippen LogP contribution >= 0.6 is 23.4 Å². The van der Waals surface area contributed by atoms with Crippen molar-refractivity contribution in [1.29, 1.82) is 0 Å². The summed E-state index contributed by atoms with van der Waals surface area (Å²) in [6.07, 6.45) is 0. The molecule has 134 valence electrons. The summed E-state index contributed by atoms with van der Waals surface area (Å²) in [6, 6.07) is 14.7. The molecule has 0 saturated heterocycles.